The summed E-state index contributed by atoms with van der Waals surface area (Å²) in [5.41, 5.74) is 0. The third-order valence-corrected chi connectivity index (χ3v) is 2.53. The lowest BCUT2D eigenvalue weighted by Crippen LogP contribution is -2.16. The molecule has 0 aliphatic heterocycles. The highest BCUT2D eigenvalue weighted by Gasteiger charge is 1.98. The highest BCUT2D eigenvalue weighted by atomic mass is 32.2. The van der Waals surface area contributed by atoms with Crippen LogP contribution in [0.2, 0.25) is 0 Å². The molecule has 0 aromatic rings. The first-order valence-electron chi connectivity index (χ1n) is 4.66. The van der Waals surface area contributed by atoms with E-state index < -0.39 is 0 Å². The average molecular weight is 205 g/mol. The summed E-state index contributed by atoms with van der Waals surface area (Å²) < 4.78 is 4.52. The molecular formula is C9H19NO2S. The molecule has 0 spiro atoms. The molecule has 13 heavy (non-hydrogen) atoms. The van der Waals surface area contributed by atoms with Crippen molar-refractivity contribution in [1.29, 1.82) is 0 Å². The predicted molar refractivity (Wildman–Crippen MR) is 57.1 cm³/mol. The van der Waals surface area contributed by atoms with Gasteiger partial charge in [-0.15, -0.1) is 0 Å². The van der Waals surface area contributed by atoms with E-state index in [0.29, 0.717) is 5.75 Å². The number of methoxy groups -OCH3 is 1. The van der Waals surface area contributed by atoms with E-state index in [4.69, 9.17) is 0 Å². The van der Waals surface area contributed by atoms with Crippen LogP contribution < -0.4 is 5.32 Å². The van der Waals surface area contributed by atoms with Gasteiger partial charge in [0.1, 0.15) is 0 Å². The number of hydrogen-bond acceptors (Lipinski definition) is 4. The molecule has 0 heterocycles. The topological polar surface area (TPSA) is 38.3 Å². The van der Waals surface area contributed by atoms with E-state index in [1.54, 1.807) is 11.8 Å². The monoisotopic (exact) mass is 205 g/mol. The van der Waals surface area contributed by atoms with E-state index >= 15 is 0 Å². The summed E-state index contributed by atoms with van der Waals surface area (Å²) in [5, 5.41) is 3.31. The summed E-state index contributed by atoms with van der Waals surface area (Å²) in [5.74, 6) is 1.36. The number of carbonyl (C=O) groups excluding carboxylic acids is 1. The van der Waals surface area contributed by atoms with E-state index in [-0.39, 0.29) is 5.97 Å². The highest BCUT2D eigenvalue weighted by Crippen LogP contribution is 2.01. The minimum Gasteiger partial charge on any atom is -0.468 e. The van der Waals surface area contributed by atoms with Crippen molar-refractivity contribution in [3.8, 4) is 0 Å². The van der Waals surface area contributed by atoms with Crippen molar-refractivity contribution >= 4 is 17.7 Å². The van der Waals surface area contributed by atoms with E-state index in [1.807, 2.05) is 0 Å². The zero-order chi connectivity index (χ0) is 9.94. The van der Waals surface area contributed by atoms with Gasteiger partial charge in [-0.25, -0.2) is 0 Å². The number of rotatable bonds is 8. The van der Waals surface area contributed by atoms with Gasteiger partial charge < -0.3 is 10.1 Å². The Morgan fingerprint density at radius 2 is 2.23 bits per heavy atom. The summed E-state index contributed by atoms with van der Waals surface area (Å²) in [4.78, 5) is 10.7. The van der Waals surface area contributed by atoms with Crippen LogP contribution in [0.1, 0.15) is 19.8 Å². The van der Waals surface area contributed by atoms with Gasteiger partial charge in [0.25, 0.3) is 0 Å². The summed E-state index contributed by atoms with van der Waals surface area (Å²) in [6, 6.07) is 0. The van der Waals surface area contributed by atoms with Crippen LogP contribution in [0.5, 0.6) is 0 Å². The number of hydrogen-bond donors (Lipinski definition) is 1. The molecule has 0 saturated carbocycles. The Balaban J connectivity index is 2.95. The minimum absolute atomic E-state index is 0.133. The molecule has 0 aromatic heterocycles. The normalized spacial score (nSPS) is 10.0. The molecule has 0 saturated heterocycles. The lowest BCUT2D eigenvalue weighted by atomic mass is 10.4. The molecule has 4 heteroatoms. The lowest BCUT2D eigenvalue weighted by Gasteiger charge is -2.02. The highest BCUT2D eigenvalue weighted by molar-refractivity contribution is 7.99. The Hall–Kier alpha value is -0.220. The van der Waals surface area contributed by atoms with Gasteiger partial charge in [-0.05, 0) is 31.7 Å². The first kappa shape index (κ1) is 12.8. The second-order valence-corrected chi connectivity index (χ2v) is 3.84. The van der Waals surface area contributed by atoms with E-state index in [2.05, 4.69) is 17.0 Å². The Morgan fingerprint density at radius 3 is 2.85 bits per heavy atom. The molecule has 0 aliphatic rings. The van der Waals surface area contributed by atoms with Gasteiger partial charge in [-0.2, -0.15) is 11.8 Å². The third-order valence-electron chi connectivity index (χ3n) is 1.52. The van der Waals surface area contributed by atoms with Crippen molar-refractivity contribution in [2.45, 2.75) is 19.8 Å². The van der Waals surface area contributed by atoms with Crippen molar-refractivity contribution in [1.82, 2.24) is 5.32 Å². The predicted octanol–water partition coefficient (Wildman–Crippen LogP) is 1.28. The molecule has 78 valence electrons. The largest absolute Gasteiger partial charge is 0.468 e. The second kappa shape index (κ2) is 9.86. The first-order valence-corrected chi connectivity index (χ1v) is 5.82. The van der Waals surface area contributed by atoms with E-state index in [9.17, 15) is 4.79 Å². The van der Waals surface area contributed by atoms with Crippen LogP contribution in [-0.4, -0.2) is 37.7 Å². The van der Waals surface area contributed by atoms with Crippen molar-refractivity contribution in [2.24, 2.45) is 0 Å². The third kappa shape index (κ3) is 9.70. The van der Waals surface area contributed by atoms with Crippen molar-refractivity contribution in [3.63, 3.8) is 0 Å². The van der Waals surface area contributed by atoms with Crippen LogP contribution in [-0.2, 0) is 9.53 Å². The zero-order valence-corrected chi connectivity index (χ0v) is 9.28. The molecule has 0 bridgehead atoms. The van der Waals surface area contributed by atoms with Crippen LogP contribution in [0, 0.1) is 0 Å². The molecule has 0 unspecified atom stereocenters. The fourth-order valence-corrected chi connectivity index (χ4v) is 1.59. The van der Waals surface area contributed by atoms with Crippen molar-refractivity contribution in [3.05, 3.63) is 0 Å². The van der Waals surface area contributed by atoms with Crippen LogP contribution in [0.15, 0.2) is 0 Å². The first-order chi connectivity index (χ1) is 6.31. The van der Waals surface area contributed by atoms with Gasteiger partial charge in [-0.3, -0.25) is 4.79 Å². The Kier molecular flexibility index (Phi) is 9.70. The number of nitrogens with one attached hydrogen (secondary N) is 1. The molecule has 0 amide bonds. The van der Waals surface area contributed by atoms with Crippen molar-refractivity contribution < 1.29 is 9.53 Å². The molecule has 0 aromatic carbocycles. The Bertz CT molecular complexity index is 131. The maximum atomic E-state index is 10.7. The molecule has 0 rings (SSSR count). The summed E-state index contributed by atoms with van der Waals surface area (Å²) in [6.07, 6.45) is 2.29. The van der Waals surface area contributed by atoms with Crippen LogP contribution >= 0.6 is 11.8 Å². The van der Waals surface area contributed by atoms with Gasteiger partial charge in [0.15, 0.2) is 0 Å². The van der Waals surface area contributed by atoms with Gasteiger partial charge in [-0.1, -0.05) is 6.92 Å². The number of ether oxygens (including phenoxy) is 1. The van der Waals surface area contributed by atoms with Gasteiger partial charge in [0.05, 0.1) is 12.9 Å². The van der Waals surface area contributed by atoms with Crippen LogP contribution in [0.25, 0.3) is 0 Å². The molecule has 1 N–H and O–H groups in total. The average Bonchev–Trinajstić information content (AvgIpc) is 2.16. The summed E-state index contributed by atoms with van der Waals surface area (Å²) >= 11 is 1.63. The molecule has 0 atom stereocenters. The Morgan fingerprint density at radius 1 is 1.46 bits per heavy atom. The van der Waals surface area contributed by atoms with Crippen LogP contribution in [0.4, 0.5) is 0 Å². The maximum absolute atomic E-state index is 10.7. The molecular weight excluding hydrogens is 186 g/mol. The molecule has 0 aliphatic carbocycles. The maximum Gasteiger partial charge on any atom is 0.315 e. The van der Waals surface area contributed by atoms with Crippen LogP contribution in [0.3, 0.4) is 0 Å². The Labute approximate surface area is 84.6 Å². The molecule has 0 fully saturated rings. The fourth-order valence-electron chi connectivity index (χ4n) is 0.815. The summed E-state index contributed by atoms with van der Waals surface area (Å²) in [6.45, 7) is 4.28. The molecule has 3 nitrogen and oxygen atoms in total. The standard InChI is InChI=1S/C9H19NO2S/c1-3-5-10-6-4-7-13-8-9(11)12-2/h10H,3-8H2,1-2H3. The quantitative estimate of drug-likeness (QED) is 0.478. The van der Waals surface area contributed by atoms with E-state index in [0.717, 1.165) is 25.3 Å². The zero-order valence-electron chi connectivity index (χ0n) is 8.47. The number of esters is 1. The fraction of sp³-hybridized carbons (Fsp3) is 0.889. The van der Waals surface area contributed by atoms with Gasteiger partial charge in [0, 0.05) is 0 Å². The number of thioether (sulfide) groups is 1. The second-order valence-electron chi connectivity index (χ2n) is 2.73. The summed E-state index contributed by atoms with van der Waals surface area (Å²) in [7, 11) is 1.42. The van der Waals surface area contributed by atoms with E-state index in [1.165, 1.54) is 13.5 Å². The number of carbonyl (C=O) groups is 1. The molecule has 0 radical (unpaired) electrons. The van der Waals surface area contributed by atoms with Gasteiger partial charge >= 0.3 is 5.97 Å². The minimum atomic E-state index is -0.133. The van der Waals surface area contributed by atoms with Gasteiger partial charge in [0.2, 0.25) is 0 Å². The van der Waals surface area contributed by atoms with Crippen molar-refractivity contribution in [2.75, 3.05) is 31.7 Å². The lowest BCUT2D eigenvalue weighted by molar-refractivity contribution is -0.137. The smallest absolute Gasteiger partial charge is 0.315 e. The SMILES string of the molecule is CCCNCCCSCC(=O)OC.